The fourth-order valence-corrected chi connectivity index (χ4v) is 4.52. The van der Waals surface area contributed by atoms with Crippen molar-refractivity contribution in [1.82, 2.24) is 10.3 Å². The molecule has 0 aliphatic heterocycles. The second kappa shape index (κ2) is 10.5. The SMILES string of the molecule is COc1cc(C(C)NC(=O)c2ccccc2SCc2cscn2)ccc1OC(C)C. The molecule has 0 fully saturated rings. The van der Waals surface area contributed by atoms with Crippen LogP contribution < -0.4 is 14.8 Å². The number of thiazole rings is 1. The van der Waals surface area contributed by atoms with Gasteiger partial charge in [-0.1, -0.05) is 18.2 Å². The maximum absolute atomic E-state index is 13.0. The van der Waals surface area contributed by atoms with E-state index >= 15 is 0 Å². The van der Waals surface area contributed by atoms with E-state index in [1.807, 2.05) is 74.1 Å². The van der Waals surface area contributed by atoms with Crippen molar-refractivity contribution in [2.75, 3.05) is 7.11 Å². The van der Waals surface area contributed by atoms with Gasteiger partial charge in [-0.2, -0.15) is 0 Å². The molecule has 0 aliphatic carbocycles. The van der Waals surface area contributed by atoms with E-state index in [9.17, 15) is 4.79 Å². The van der Waals surface area contributed by atoms with Crippen LogP contribution in [-0.4, -0.2) is 24.1 Å². The van der Waals surface area contributed by atoms with E-state index in [-0.39, 0.29) is 18.1 Å². The molecular formula is C23H26N2O3S2. The lowest BCUT2D eigenvalue weighted by molar-refractivity contribution is 0.0937. The highest BCUT2D eigenvalue weighted by atomic mass is 32.2. The number of hydrogen-bond donors (Lipinski definition) is 1. The van der Waals surface area contributed by atoms with Gasteiger partial charge in [-0.25, -0.2) is 4.98 Å². The summed E-state index contributed by atoms with van der Waals surface area (Å²) in [7, 11) is 1.62. The molecule has 7 heteroatoms. The number of carbonyl (C=O) groups is 1. The molecule has 5 nitrogen and oxygen atoms in total. The maximum Gasteiger partial charge on any atom is 0.252 e. The predicted octanol–water partition coefficient (Wildman–Crippen LogP) is 5.72. The Morgan fingerprint density at radius 3 is 2.67 bits per heavy atom. The van der Waals surface area contributed by atoms with E-state index in [1.54, 1.807) is 30.2 Å². The molecule has 0 radical (unpaired) electrons. The first-order chi connectivity index (χ1) is 14.5. The van der Waals surface area contributed by atoms with Gasteiger partial charge < -0.3 is 14.8 Å². The van der Waals surface area contributed by atoms with Crippen molar-refractivity contribution in [3.05, 3.63) is 70.2 Å². The quantitative estimate of drug-likeness (QED) is 0.429. The van der Waals surface area contributed by atoms with Gasteiger partial charge in [0.05, 0.1) is 36.0 Å². The summed E-state index contributed by atoms with van der Waals surface area (Å²) in [5.74, 6) is 1.98. The lowest BCUT2D eigenvalue weighted by Gasteiger charge is -2.19. The van der Waals surface area contributed by atoms with Gasteiger partial charge >= 0.3 is 0 Å². The van der Waals surface area contributed by atoms with Crippen molar-refractivity contribution >= 4 is 29.0 Å². The van der Waals surface area contributed by atoms with Gasteiger partial charge in [-0.3, -0.25) is 4.79 Å². The van der Waals surface area contributed by atoms with Crippen LogP contribution in [0.3, 0.4) is 0 Å². The number of hydrogen-bond acceptors (Lipinski definition) is 6. The summed E-state index contributed by atoms with van der Waals surface area (Å²) in [5.41, 5.74) is 4.45. The van der Waals surface area contributed by atoms with Crippen LogP contribution in [0, 0.1) is 0 Å². The normalized spacial score (nSPS) is 11.9. The Morgan fingerprint density at radius 1 is 1.17 bits per heavy atom. The second-order valence-electron chi connectivity index (χ2n) is 7.04. The molecule has 3 rings (SSSR count). The zero-order valence-corrected chi connectivity index (χ0v) is 19.2. The minimum absolute atomic E-state index is 0.0557. The third-order valence-corrected chi connectivity index (χ3v) is 6.13. The summed E-state index contributed by atoms with van der Waals surface area (Å²) in [6.07, 6.45) is 0.0557. The number of aromatic nitrogens is 1. The molecule has 30 heavy (non-hydrogen) atoms. The van der Waals surface area contributed by atoms with Crippen molar-refractivity contribution in [3.63, 3.8) is 0 Å². The lowest BCUT2D eigenvalue weighted by atomic mass is 10.1. The summed E-state index contributed by atoms with van der Waals surface area (Å²) in [4.78, 5) is 18.2. The predicted molar refractivity (Wildman–Crippen MR) is 123 cm³/mol. The van der Waals surface area contributed by atoms with Crippen LogP contribution >= 0.6 is 23.1 Å². The summed E-state index contributed by atoms with van der Waals surface area (Å²) < 4.78 is 11.2. The average Bonchev–Trinajstić information content (AvgIpc) is 3.26. The number of methoxy groups -OCH3 is 1. The van der Waals surface area contributed by atoms with Gasteiger partial charge in [0.2, 0.25) is 0 Å². The number of ether oxygens (including phenoxy) is 2. The summed E-state index contributed by atoms with van der Waals surface area (Å²) in [6.45, 7) is 5.90. The Labute approximate surface area is 185 Å². The number of carbonyl (C=O) groups excluding carboxylic acids is 1. The standard InChI is InChI=1S/C23H26N2O3S2/c1-15(2)28-20-10-9-17(11-21(20)27-4)16(3)25-23(26)19-7-5-6-8-22(19)30-13-18-12-29-14-24-18/h5-12,14-16H,13H2,1-4H3,(H,25,26). The van der Waals surface area contributed by atoms with Crippen molar-refractivity contribution < 1.29 is 14.3 Å². The first-order valence-electron chi connectivity index (χ1n) is 9.72. The minimum Gasteiger partial charge on any atom is -0.493 e. The van der Waals surface area contributed by atoms with Crippen LogP contribution in [0.2, 0.25) is 0 Å². The third kappa shape index (κ3) is 5.77. The van der Waals surface area contributed by atoms with Gasteiger partial charge in [0, 0.05) is 16.0 Å². The minimum atomic E-state index is -0.184. The first-order valence-corrected chi connectivity index (χ1v) is 11.6. The molecule has 0 saturated heterocycles. The molecule has 1 aromatic heterocycles. The van der Waals surface area contributed by atoms with Crippen LogP contribution in [0.5, 0.6) is 11.5 Å². The molecule has 158 valence electrons. The Balaban J connectivity index is 1.71. The second-order valence-corrected chi connectivity index (χ2v) is 8.77. The molecule has 1 atom stereocenters. The molecule has 1 amide bonds. The highest BCUT2D eigenvalue weighted by Gasteiger charge is 2.17. The number of thioether (sulfide) groups is 1. The van der Waals surface area contributed by atoms with Crippen LogP contribution in [0.25, 0.3) is 0 Å². The van der Waals surface area contributed by atoms with Gasteiger partial charge in [-0.15, -0.1) is 23.1 Å². The Kier molecular flexibility index (Phi) is 7.76. The smallest absolute Gasteiger partial charge is 0.252 e. The monoisotopic (exact) mass is 442 g/mol. The van der Waals surface area contributed by atoms with E-state index < -0.39 is 0 Å². The third-order valence-electron chi connectivity index (χ3n) is 4.39. The Hall–Kier alpha value is -2.51. The van der Waals surface area contributed by atoms with E-state index in [0.717, 1.165) is 21.9 Å². The topological polar surface area (TPSA) is 60.5 Å². The molecule has 0 saturated carbocycles. The highest BCUT2D eigenvalue weighted by Crippen LogP contribution is 2.32. The zero-order valence-electron chi connectivity index (χ0n) is 17.5. The van der Waals surface area contributed by atoms with E-state index in [1.165, 1.54) is 0 Å². The fourth-order valence-electron chi connectivity index (χ4n) is 2.90. The van der Waals surface area contributed by atoms with E-state index in [0.29, 0.717) is 17.1 Å². The average molecular weight is 443 g/mol. The van der Waals surface area contributed by atoms with Crippen molar-refractivity contribution in [2.45, 2.75) is 43.6 Å². The number of rotatable bonds is 9. The number of nitrogens with zero attached hydrogens (tertiary/aromatic N) is 1. The number of amides is 1. The summed E-state index contributed by atoms with van der Waals surface area (Å²) in [5, 5.41) is 5.12. The van der Waals surface area contributed by atoms with Crippen LogP contribution in [-0.2, 0) is 5.75 Å². The number of nitrogens with one attached hydrogen (secondary N) is 1. The zero-order chi connectivity index (χ0) is 21.5. The van der Waals surface area contributed by atoms with Crippen molar-refractivity contribution in [3.8, 4) is 11.5 Å². The van der Waals surface area contributed by atoms with Crippen LogP contribution in [0.1, 0.15) is 48.4 Å². The molecule has 1 N–H and O–H groups in total. The van der Waals surface area contributed by atoms with Gasteiger partial charge in [0.1, 0.15) is 0 Å². The van der Waals surface area contributed by atoms with Gasteiger partial charge in [0.15, 0.2) is 11.5 Å². The van der Waals surface area contributed by atoms with Gasteiger partial charge in [-0.05, 0) is 50.6 Å². The highest BCUT2D eigenvalue weighted by molar-refractivity contribution is 7.98. The first kappa shape index (κ1) is 22.2. The molecule has 0 spiro atoms. The Morgan fingerprint density at radius 2 is 1.97 bits per heavy atom. The van der Waals surface area contributed by atoms with Crippen LogP contribution in [0.4, 0.5) is 0 Å². The van der Waals surface area contributed by atoms with Crippen molar-refractivity contribution in [1.29, 1.82) is 0 Å². The molecule has 1 unspecified atom stereocenters. The molecule has 0 aliphatic rings. The van der Waals surface area contributed by atoms with Crippen LogP contribution in [0.15, 0.2) is 58.3 Å². The lowest BCUT2D eigenvalue weighted by Crippen LogP contribution is -2.27. The summed E-state index contributed by atoms with van der Waals surface area (Å²) in [6, 6.07) is 13.2. The summed E-state index contributed by atoms with van der Waals surface area (Å²) >= 11 is 3.19. The molecule has 2 aromatic carbocycles. The molecular weight excluding hydrogens is 416 g/mol. The van der Waals surface area contributed by atoms with Crippen molar-refractivity contribution in [2.24, 2.45) is 0 Å². The maximum atomic E-state index is 13.0. The molecule has 1 heterocycles. The van der Waals surface area contributed by atoms with E-state index in [4.69, 9.17) is 9.47 Å². The van der Waals surface area contributed by atoms with E-state index in [2.05, 4.69) is 10.3 Å². The molecule has 3 aromatic rings. The molecule has 0 bridgehead atoms. The largest absolute Gasteiger partial charge is 0.493 e. The van der Waals surface area contributed by atoms with Gasteiger partial charge in [0.25, 0.3) is 5.91 Å². The number of benzene rings is 2. The Bertz CT molecular complexity index is 974. The fraction of sp³-hybridized carbons (Fsp3) is 0.304.